The second kappa shape index (κ2) is 7.17. The van der Waals surface area contributed by atoms with E-state index in [1.165, 1.54) is 6.20 Å². The average molecular weight is 334 g/mol. The zero-order valence-corrected chi connectivity index (χ0v) is 13.6. The number of hydrogen-bond acceptors (Lipinski definition) is 4. The number of β-amino-alcohol motifs (C(OH)–C–C–N with tert-alkyl or cyclic N) is 1. The van der Waals surface area contributed by atoms with Crippen LogP contribution in [-0.4, -0.2) is 42.7 Å². The predicted octanol–water partition coefficient (Wildman–Crippen LogP) is 1.83. The van der Waals surface area contributed by atoms with E-state index in [1.807, 2.05) is 18.2 Å². The standard InChI is InChI=1S/C17H20ClN3O2/c18-14-4-3-5-15(12-14)20-10-8-19(9-11-20)13-17(22)16-6-1-2-7-21(16)23/h1-7,12,17,22H,8-11,13H2. The van der Waals surface area contributed by atoms with Crippen molar-refractivity contribution in [3.63, 3.8) is 0 Å². The number of anilines is 1. The Hall–Kier alpha value is -1.82. The molecule has 1 aromatic heterocycles. The highest BCUT2D eigenvalue weighted by Gasteiger charge is 2.23. The maximum atomic E-state index is 11.7. The first-order valence-electron chi connectivity index (χ1n) is 7.72. The summed E-state index contributed by atoms with van der Waals surface area (Å²) in [5.74, 6) is 0. The van der Waals surface area contributed by atoms with Gasteiger partial charge in [0.2, 0.25) is 5.69 Å². The lowest BCUT2D eigenvalue weighted by Crippen LogP contribution is -2.48. The molecular formula is C17H20ClN3O2. The topological polar surface area (TPSA) is 53.7 Å². The van der Waals surface area contributed by atoms with E-state index < -0.39 is 6.10 Å². The van der Waals surface area contributed by atoms with Gasteiger partial charge in [0.15, 0.2) is 12.3 Å². The third-order valence-corrected chi connectivity index (χ3v) is 4.41. The second-order valence-corrected chi connectivity index (χ2v) is 6.17. The number of aliphatic hydroxyl groups excluding tert-OH is 1. The number of hydrogen-bond donors (Lipinski definition) is 1. The first-order valence-corrected chi connectivity index (χ1v) is 8.10. The Labute approximate surface area is 140 Å². The number of aliphatic hydroxyl groups is 1. The summed E-state index contributed by atoms with van der Waals surface area (Å²) >= 11 is 6.04. The lowest BCUT2D eigenvalue weighted by Gasteiger charge is -2.36. The van der Waals surface area contributed by atoms with Crippen molar-refractivity contribution in [1.82, 2.24) is 4.90 Å². The summed E-state index contributed by atoms with van der Waals surface area (Å²) < 4.78 is 0.729. The summed E-state index contributed by atoms with van der Waals surface area (Å²) in [6.45, 7) is 3.90. The molecule has 1 aromatic carbocycles. The Balaban J connectivity index is 1.56. The lowest BCUT2D eigenvalue weighted by atomic mass is 10.2. The van der Waals surface area contributed by atoms with Crippen molar-refractivity contribution >= 4 is 17.3 Å². The fourth-order valence-corrected chi connectivity index (χ4v) is 3.08. The van der Waals surface area contributed by atoms with E-state index in [1.54, 1.807) is 18.2 Å². The first-order chi connectivity index (χ1) is 11.1. The van der Waals surface area contributed by atoms with E-state index in [0.717, 1.165) is 41.6 Å². The molecular weight excluding hydrogens is 314 g/mol. The SMILES string of the molecule is [O-][n+]1ccccc1C(O)CN1CCN(c2cccc(Cl)c2)CC1. The van der Waals surface area contributed by atoms with Crippen molar-refractivity contribution in [2.75, 3.05) is 37.6 Å². The Kier molecular flexibility index (Phi) is 5.00. The van der Waals surface area contributed by atoms with Gasteiger partial charge in [0.1, 0.15) is 0 Å². The number of halogens is 1. The van der Waals surface area contributed by atoms with Crippen LogP contribution in [0.1, 0.15) is 11.8 Å². The molecule has 1 aliphatic heterocycles. The highest BCUT2D eigenvalue weighted by Crippen LogP contribution is 2.21. The zero-order valence-electron chi connectivity index (χ0n) is 12.8. The van der Waals surface area contributed by atoms with Crippen LogP contribution in [0.25, 0.3) is 0 Å². The van der Waals surface area contributed by atoms with Crippen molar-refractivity contribution in [3.8, 4) is 0 Å². The highest BCUT2D eigenvalue weighted by atomic mass is 35.5. The van der Waals surface area contributed by atoms with Gasteiger partial charge in [-0.3, -0.25) is 4.90 Å². The summed E-state index contributed by atoms with van der Waals surface area (Å²) in [5, 5.41) is 22.7. The van der Waals surface area contributed by atoms with E-state index in [4.69, 9.17) is 11.6 Å². The average Bonchev–Trinajstić information content (AvgIpc) is 2.56. The molecule has 2 aromatic rings. The normalized spacial score (nSPS) is 17.2. The molecule has 0 bridgehead atoms. The number of pyridine rings is 1. The van der Waals surface area contributed by atoms with Crippen LogP contribution in [0.2, 0.25) is 5.02 Å². The van der Waals surface area contributed by atoms with Gasteiger partial charge in [0, 0.05) is 55.6 Å². The fraction of sp³-hybridized carbons (Fsp3) is 0.353. The number of nitrogens with zero attached hydrogens (tertiary/aromatic N) is 3. The molecule has 1 N–H and O–H groups in total. The van der Waals surface area contributed by atoms with Crippen molar-refractivity contribution in [2.24, 2.45) is 0 Å². The summed E-state index contributed by atoms with van der Waals surface area (Å²) in [6, 6.07) is 12.9. The van der Waals surface area contributed by atoms with Crippen molar-refractivity contribution in [1.29, 1.82) is 0 Å². The molecule has 0 aliphatic carbocycles. The molecule has 1 fully saturated rings. The van der Waals surface area contributed by atoms with Crippen molar-refractivity contribution in [2.45, 2.75) is 6.10 Å². The molecule has 0 saturated carbocycles. The number of rotatable bonds is 4. The summed E-state index contributed by atoms with van der Waals surface area (Å²) in [6.07, 6.45) is 0.641. The largest absolute Gasteiger partial charge is 0.618 e. The fourth-order valence-electron chi connectivity index (χ4n) is 2.90. The van der Waals surface area contributed by atoms with Gasteiger partial charge in [0.05, 0.1) is 0 Å². The van der Waals surface area contributed by atoms with Crippen LogP contribution in [0.5, 0.6) is 0 Å². The van der Waals surface area contributed by atoms with Gasteiger partial charge in [0.25, 0.3) is 0 Å². The van der Waals surface area contributed by atoms with E-state index in [2.05, 4.69) is 15.9 Å². The third-order valence-electron chi connectivity index (χ3n) is 4.17. The predicted molar refractivity (Wildman–Crippen MR) is 90.5 cm³/mol. The minimum absolute atomic E-state index is 0.393. The van der Waals surface area contributed by atoms with E-state index in [9.17, 15) is 10.3 Å². The quantitative estimate of drug-likeness (QED) is 0.685. The Bertz CT molecular complexity index is 660. The molecule has 23 heavy (non-hydrogen) atoms. The summed E-state index contributed by atoms with van der Waals surface area (Å²) in [5.41, 5.74) is 1.52. The molecule has 6 heteroatoms. The van der Waals surface area contributed by atoms with Crippen molar-refractivity contribution in [3.05, 3.63) is 64.6 Å². The zero-order chi connectivity index (χ0) is 16.2. The van der Waals surface area contributed by atoms with Crippen LogP contribution in [-0.2, 0) is 0 Å². The minimum atomic E-state index is -0.772. The maximum Gasteiger partial charge on any atom is 0.222 e. The van der Waals surface area contributed by atoms with Crippen LogP contribution in [0, 0.1) is 5.21 Å². The number of aromatic nitrogens is 1. The van der Waals surface area contributed by atoms with Gasteiger partial charge in [-0.05, 0) is 24.3 Å². The van der Waals surface area contributed by atoms with Crippen LogP contribution in [0.3, 0.4) is 0 Å². The molecule has 3 rings (SSSR count). The molecule has 0 radical (unpaired) electrons. The number of benzene rings is 1. The van der Waals surface area contributed by atoms with Crippen LogP contribution < -0.4 is 9.63 Å². The molecule has 1 atom stereocenters. The first kappa shape index (κ1) is 16.1. The Morgan fingerprint density at radius 2 is 1.91 bits per heavy atom. The van der Waals surface area contributed by atoms with Gasteiger partial charge in [-0.15, -0.1) is 0 Å². The van der Waals surface area contributed by atoms with Gasteiger partial charge in [-0.2, -0.15) is 4.73 Å². The van der Waals surface area contributed by atoms with Crippen LogP contribution in [0.4, 0.5) is 5.69 Å². The highest BCUT2D eigenvalue weighted by molar-refractivity contribution is 6.30. The minimum Gasteiger partial charge on any atom is -0.618 e. The molecule has 0 spiro atoms. The molecule has 5 nitrogen and oxygen atoms in total. The summed E-state index contributed by atoms with van der Waals surface area (Å²) in [7, 11) is 0. The Morgan fingerprint density at radius 3 is 2.61 bits per heavy atom. The molecule has 2 heterocycles. The molecule has 1 unspecified atom stereocenters. The third kappa shape index (κ3) is 3.93. The van der Waals surface area contributed by atoms with Gasteiger partial charge in [-0.1, -0.05) is 17.7 Å². The lowest BCUT2D eigenvalue weighted by molar-refractivity contribution is -0.618. The molecule has 0 amide bonds. The van der Waals surface area contributed by atoms with Crippen LogP contribution >= 0.6 is 11.6 Å². The molecule has 122 valence electrons. The van der Waals surface area contributed by atoms with Gasteiger partial charge in [-0.25, -0.2) is 0 Å². The van der Waals surface area contributed by atoms with Gasteiger partial charge < -0.3 is 15.2 Å². The van der Waals surface area contributed by atoms with E-state index >= 15 is 0 Å². The smallest absolute Gasteiger partial charge is 0.222 e. The monoisotopic (exact) mass is 333 g/mol. The Morgan fingerprint density at radius 1 is 1.13 bits per heavy atom. The molecule has 1 saturated heterocycles. The van der Waals surface area contributed by atoms with Crippen LogP contribution in [0.15, 0.2) is 48.7 Å². The van der Waals surface area contributed by atoms with Crippen molar-refractivity contribution < 1.29 is 9.84 Å². The maximum absolute atomic E-state index is 11.7. The number of piperazine rings is 1. The summed E-state index contributed by atoms with van der Waals surface area (Å²) in [4.78, 5) is 4.46. The molecule has 1 aliphatic rings. The van der Waals surface area contributed by atoms with E-state index in [0.29, 0.717) is 12.2 Å². The second-order valence-electron chi connectivity index (χ2n) is 5.73. The van der Waals surface area contributed by atoms with Gasteiger partial charge >= 0.3 is 0 Å². The van der Waals surface area contributed by atoms with E-state index in [-0.39, 0.29) is 0 Å².